The molecular formula is C13H23N5O. The Balaban J connectivity index is 2.06. The zero-order valence-corrected chi connectivity index (χ0v) is 11.7. The van der Waals surface area contributed by atoms with Crippen LogP contribution in [-0.2, 0) is 0 Å². The molecule has 1 aromatic rings. The number of hydrogen-bond acceptors (Lipinski definition) is 6. The van der Waals surface area contributed by atoms with Crippen molar-refractivity contribution in [1.82, 2.24) is 9.97 Å². The van der Waals surface area contributed by atoms with Gasteiger partial charge in [-0.3, -0.25) is 0 Å². The van der Waals surface area contributed by atoms with Crippen LogP contribution in [0.2, 0.25) is 0 Å². The second-order valence-electron chi connectivity index (χ2n) is 5.47. The zero-order valence-electron chi connectivity index (χ0n) is 11.7. The molecule has 0 radical (unpaired) electrons. The van der Waals surface area contributed by atoms with Crippen molar-refractivity contribution in [1.29, 1.82) is 0 Å². The van der Waals surface area contributed by atoms with Crippen LogP contribution in [-0.4, -0.2) is 23.6 Å². The third-order valence-electron chi connectivity index (χ3n) is 3.89. The first-order valence-corrected chi connectivity index (χ1v) is 6.78. The number of ether oxygens (including phenoxy) is 1. The molecule has 0 aromatic carbocycles. The largest absolute Gasteiger partial charge is 0.490 e. The predicted octanol–water partition coefficient (Wildman–Crippen LogP) is 2.15. The third kappa shape index (κ3) is 3.26. The Morgan fingerprint density at radius 1 is 1.26 bits per heavy atom. The molecule has 1 aliphatic carbocycles. The number of hydrogen-bond donors (Lipinski definition) is 3. The van der Waals surface area contributed by atoms with Gasteiger partial charge in [-0.25, -0.2) is 15.8 Å². The molecule has 1 fully saturated rings. The highest BCUT2D eigenvalue weighted by atomic mass is 16.5. The second-order valence-corrected chi connectivity index (χ2v) is 5.47. The highest BCUT2D eigenvalue weighted by Gasteiger charge is 2.27. The second kappa shape index (κ2) is 6.06. The normalized spacial score (nSPS) is 17.8. The topological polar surface area (TPSA) is 85.1 Å². The van der Waals surface area contributed by atoms with E-state index < -0.39 is 0 Å². The Morgan fingerprint density at radius 2 is 1.95 bits per heavy atom. The third-order valence-corrected chi connectivity index (χ3v) is 3.89. The smallest absolute Gasteiger partial charge is 0.205 e. The average molecular weight is 265 g/mol. The lowest BCUT2D eigenvalue weighted by Gasteiger charge is -2.34. The minimum Gasteiger partial charge on any atom is -0.490 e. The Hall–Kier alpha value is -1.56. The fourth-order valence-electron chi connectivity index (χ4n) is 2.68. The number of methoxy groups -OCH3 is 1. The first-order valence-electron chi connectivity index (χ1n) is 6.78. The Labute approximate surface area is 114 Å². The van der Waals surface area contributed by atoms with E-state index in [1.54, 1.807) is 7.11 Å². The van der Waals surface area contributed by atoms with Crippen LogP contribution in [0.15, 0.2) is 6.33 Å². The van der Waals surface area contributed by atoms with E-state index in [4.69, 9.17) is 10.6 Å². The number of hydrazine groups is 1. The summed E-state index contributed by atoms with van der Waals surface area (Å²) >= 11 is 0. The summed E-state index contributed by atoms with van der Waals surface area (Å²) in [6, 6.07) is 0. The lowest BCUT2D eigenvalue weighted by atomic mass is 9.76. The molecule has 2 rings (SSSR count). The lowest BCUT2D eigenvalue weighted by molar-refractivity contribution is 0.233. The van der Waals surface area contributed by atoms with Gasteiger partial charge < -0.3 is 15.5 Å². The summed E-state index contributed by atoms with van der Waals surface area (Å²) in [6.45, 7) is 3.22. The number of nitrogen functional groups attached to an aromatic ring is 1. The van der Waals surface area contributed by atoms with E-state index in [-0.39, 0.29) is 0 Å². The van der Waals surface area contributed by atoms with Crippen LogP contribution in [0.1, 0.15) is 39.0 Å². The number of aromatic nitrogens is 2. The van der Waals surface area contributed by atoms with Crippen molar-refractivity contribution in [3.8, 4) is 5.75 Å². The van der Waals surface area contributed by atoms with Crippen molar-refractivity contribution in [3.63, 3.8) is 0 Å². The molecule has 1 saturated carbocycles. The van der Waals surface area contributed by atoms with E-state index >= 15 is 0 Å². The van der Waals surface area contributed by atoms with E-state index in [1.807, 2.05) is 0 Å². The summed E-state index contributed by atoms with van der Waals surface area (Å²) in [5.41, 5.74) is 2.86. The van der Waals surface area contributed by atoms with E-state index in [2.05, 4.69) is 27.6 Å². The Kier molecular flexibility index (Phi) is 4.42. The number of nitrogens with two attached hydrogens (primary N) is 1. The average Bonchev–Trinajstić information content (AvgIpc) is 2.45. The van der Waals surface area contributed by atoms with Crippen LogP contribution in [0.5, 0.6) is 5.75 Å². The van der Waals surface area contributed by atoms with E-state index in [9.17, 15) is 0 Å². The highest BCUT2D eigenvalue weighted by molar-refractivity contribution is 5.63. The highest BCUT2D eigenvalue weighted by Crippen LogP contribution is 2.37. The van der Waals surface area contributed by atoms with Gasteiger partial charge in [0.2, 0.25) is 5.75 Å². The molecule has 1 aliphatic rings. The van der Waals surface area contributed by atoms with Crippen LogP contribution < -0.4 is 21.3 Å². The molecular weight excluding hydrogens is 242 g/mol. The summed E-state index contributed by atoms with van der Waals surface area (Å²) in [7, 11) is 1.59. The maximum absolute atomic E-state index is 5.41. The maximum atomic E-state index is 5.41. The quantitative estimate of drug-likeness (QED) is 0.559. The van der Waals surface area contributed by atoms with E-state index in [0.29, 0.717) is 22.8 Å². The van der Waals surface area contributed by atoms with Crippen LogP contribution >= 0.6 is 0 Å². The first-order chi connectivity index (χ1) is 9.18. The SMILES string of the molecule is COc1c(NN)ncnc1NCC1(C)CCCCC1. The molecule has 6 nitrogen and oxygen atoms in total. The van der Waals surface area contributed by atoms with Gasteiger partial charge in [-0.15, -0.1) is 0 Å². The van der Waals surface area contributed by atoms with Gasteiger partial charge in [0.15, 0.2) is 11.6 Å². The molecule has 0 spiro atoms. The molecule has 4 N–H and O–H groups in total. The molecule has 6 heteroatoms. The van der Waals surface area contributed by atoms with Crippen LogP contribution in [0.4, 0.5) is 11.6 Å². The molecule has 1 heterocycles. The minimum absolute atomic E-state index is 0.338. The van der Waals surface area contributed by atoms with Gasteiger partial charge in [0, 0.05) is 6.54 Å². The van der Waals surface area contributed by atoms with Crippen LogP contribution in [0, 0.1) is 5.41 Å². The number of nitrogens with one attached hydrogen (secondary N) is 2. The number of rotatable bonds is 5. The number of nitrogens with zero attached hydrogens (tertiary/aromatic N) is 2. The standard InChI is InChI=1S/C13H23N5O/c1-13(6-4-3-5-7-13)8-15-11-10(19-2)12(18-14)17-9-16-11/h9H,3-8,14H2,1-2H3,(H2,15,16,17,18). The van der Waals surface area contributed by atoms with Gasteiger partial charge in [0.25, 0.3) is 0 Å². The Morgan fingerprint density at radius 3 is 2.58 bits per heavy atom. The first kappa shape index (κ1) is 13.9. The van der Waals surface area contributed by atoms with Gasteiger partial charge >= 0.3 is 0 Å². The molecule has 0 amide bonds. The molecule has 0 saturated heterocycles. The minimum atomic E-state index is 0.338. The van der Waals surface area contributed by atoms with Crippen molar-refractivity contribution < 1.29 is 4.74 Å². The van der Waals surface area contributed by atoms with Crippen molar-refractivity contribution >= 4 is 11.6 Å². The summed E-state index contributed by atoms with van der Waals surface area (Å²) in [6.07, 6.45) is 7.98. The van der Waals surface area contributed by atoms with Gasteiger partial charge in [0.05, 0.1) is 7.11 Å². The monoisotopic (exact) mass is 265 g/mol. The summed E-state index contributed by atoms with van der Waals surface area (Å²) in [4.78, 5) is 8.26. The molecule has 0 atom stereocenters. The van der Waals surface area contributed by atoms with Gasteiger partial charge in [-0.05, 0) is 18.3 Å². The zero-order chi connectivity index (χ0) is 13.7. The maximum Gasteiger partial charge on any atom is 0.205 e. The lowest BCUT2D eigenvalue weighted by Crippen LogP contribution is -2.29. The van der Waals surface area contributed by atoms with Crippen LogP contribution in [0.3, 0.4) is 0 Å². The van der Waals surface area contributed by atoms with E-state index in [1.165, 1.54) is 38.4 Å². The number of anilines is 2. The molecule has 106 valence electrons. The van der Waals surface area contributed by atoms with E-state index in [0.717, 1.165) is 6.54 Å². The summed E-state index contributed by atoms with van der Waals surface area (Å²) in [5, 5.41) is 3.38. The molecule has 0 bridgehead atoms. The van der Waals surface area contributed by atoms with Crippen LogP contribution in [0.25, 0.3) is 0 Å². The summed E-state index contributed by atoms with van der Waals surface area (Å²) in [5.74, 6) is 7.16. The molecule has 19 heavy (non-hydrogen) atoms. The van der Waals surface area contributed by atoms with Gasteiger partial charge in [0.1, 0.15) is 6.33 Å². The van der Waals surface area contributed by atoms with Crippen molar-refractivity contribution in [2.75, 3.05) is 24.4 Å². The van der Waals surface area contributed by atoms with Crippen molar-refractivity contribution in [2.24, 2.45) is 11.3 Å². The Bertz CT molecular complexity index is 417. The van der Waals surface area contributed by atoms with Gasteiger partial charge in [-0.1, -0.05) is 26.2 Å². The van der Waals surface area contributed by atoms with Gasteiger partial charge in [-0.2, -0.15) is 0 Å². The molecule has 0 aliphatic heterocycles. The predicted molar refractivity (Wildman–Crippen MR) is 76.1 cm³/mol. The fourth-order valence-corrected chi connectivity index (χ4v) is 2.68. The van der Waals surface area contributed by atoms with Crippen molar-refractivity contribution in [3.05, 3.63) is 6.33 Å². The van der Waals surface area contributed by atoms with Crippen molar-refractivity contribution in [2.45, 2.75) is 39.0 Å². The fraction of sp³-hybridized carbons (Fsp3) is 0.692. The molecule has 0 unspecified atom stereocenters. The molecule has 1 aromatic heterocycles. The summed E-state index contributed by atoms with van der Waals surface area (Å²) < 4.78 is 5.31.